The molecule has 3 aromatic rings. The molecule has 2 atom stereocenters. The summed E-state index contributed by atoms with van der Waals surface area (Å²) >= 11 is 0. The monoisotopic (exact) mass is 612 g/mol. The largest absolute Gasteiger partial charge is 0.465 e. The lowest BCUT2D eigenvalue weighted by Gasteiger charge is -2.44. The van der Waals surface area contributed by atoms with Crippen molar-refractivity contribution < 1.29 is 23.9 Å². The molecule has 1 N–H and O–H groups in total. The standard InChI is InChI=1S/C35H40N4O6/c1-4-45-30(40)23-38(3)34(44)35(24-11-6-5-7-12-24)19-16-27(26-13-8-9-15-29(26)35)33(43)39-21-17-25(18-22-39)36-31(41)28-14-10-20-37(2)32(28)42/h5-15,20,25,27H,4,16-19,21-23H2,1-3H3,(H,36,41)/t27-,35+/m0/s1. The molecule has 10 nitrogen and oxygen atoms in total. The second kappa shape index (κ2) is 13.5. The van der Waals surface area contributed by atoms with Gasteiger partial charge in [-0.05, 0) is 61.4 Å². The average Bonchev–Trinajstić information content (AvgIpc) is 3.05. The van der Waals surface area contributed by atoms with Gasteiger partial charge in [-0.3, -0.25) is 24.0 Å². The number of aryl methyl sites for hydroxylation is 1. The van der Waals surface area contributed by atoms with Crippen LogP contribution in [0, 0.1) is 0 Å². The van der Waals surface area contributed by atoms with Crippen LogP contribution in [-0.2, 0) is 31.6 Å². The van der Waals surface area contributed by atoms with Crippen molar-refractivity contribution in [2.75, 3.05) is 33.3 Å². The number of amides is 3. The van der Waals surface area contributed by atoms with Crippen LogP contribution in [0.15, 0.2) is 77.7 Å². The summed E-state index contributed by atoms with van der Waals surface area (Å²) in [7, 11) is 3.22. The number of hydrogen-bond donors (Lipinski definition) is 1. The maximum absolute atomic E-state index is 14.3. The topological polar surface area (TPSA) is 118 Å². The maximum atomic E-state index is 14.3. The molecule has 3 amide bonds. The highest BCUT2D eigenvalue weighted by atomic mass is 16.5. The number of esters is 1. The third-order valence-corrected chi connectivity index (χ3v) is 9.06. The smallest absolute Gasteiger partial charge is 0.325 e. The molecule has 0 saturated carbocycles. The van der Waals surface area contributed by atoms with Crippen LogP contribution in [0.25, 0.3) is 0 Å². The van der Waals surface area contributed by atoms with Crippen LogP contribution in [0.5, 0.6) is 0 Å². The summed E-state index contributed by atoms with van der Waals surface area (Å²) in [6.07, 6.45) is 3.61. The minimum atomic E-state index is -1.07. The summed E-state index contributed by atoms with van der Waals surface area (Å²) in [6.45, 7) is 2.73. The number of rotatable bonds is 8. The van der Waals surface area contributed by atoms with Gasteiger partial charge in [0.25, 0.3) is 11.5 Å². The molecule has 2 aliphatic rings. The van der Waals surface area contributed by atoms with Crippen LogP contribution in [0.3, 0.4) is 0 Å². The van der Waals surface area contributed by atoms with Crippen molar-refractivity contribution in [3.8, 4) is 0 Å². The van der Waals surface area contributed by atoms with E-state index in [1.807, 2.05) is 59.5 Å². The Kier molecular flexibility index (Phi) is 9.51. The third kappa shape index (κ3) is 6.27. The van der Waals surface area contributed by atoms with E-state index < -0.39 is 23.2 Å². The van der Waals surface area contributed by atoms with Crippen molar-refractivity contribution in [2.45, 2.75) is 50.0 Å². The van der Waals surface area contributed by atoms with Crippen LogP contribution >= 0.6 is 0 Å². The van der Waals surface area contributed by atoms with Crippen molar-refractivity contribution in [2.24, 2.45) is 7.05 Å². The number of hydrogen-bond acceptors (Lipinski definition) is 6. The highest BCUT2D eigenvalue weighted by Gasteiger charge is 2.50. The molecular formula is C35H40N4O6. The number of benzene rings is 2. The van der Waals surface area contributed by atoms with E-state index in [2.05, 4.69) is 5.32 Å². The van der Waals surface area contributed by atoms with Gasteiger partial charge in [0.1, 0.15) is 12.1 Å². The fourth-order valence-corrected chi connectivity index (χ4v) is 6.76. The molecule has 1 fully saturated rings. The van der Waals surface area contributed by atoms with Gasteiger partial charge >= 0.3 is 5.97 Å². The van der Waals surface area contributed by atoms with Crippen molar-refractivity contribution in [3.63, 3.8) is 0 Å². The van der Waals surface area contributed by atoms with Gasteiger partial charge in [0.15, 0.2) is 0 Å². The van der Waals surface area contributed by atoms with Gasteiger partial charge in [-0.1, -0.05) is 54.6 Å². The van der Waals surface area contributed by atoms with E-state index in [9.17, 15) is 24.0 Å². The first-order valence-electron chi connectivity index (χ1n) is 15.5. The quantitative estimate of drug-likeness (QED) is 0.391. The number of pyridine rings is 1. The molecule has 0 unspecified atom stereocenters. The number of nitrogens with zero attached hydrogens (tertiary/aromatic N) is 3. The molecule has 0 radical (unpaired) electrons. The van der Waals surface area contributed by atoms with Gasteiger partial charge in [0.2, 0.25) is 11.8 Å². The van der Waals surface area contributed by atoms with Crippen LogP contribution in [0.4, 0.5) is 0 Å². The van der Waals surface area contributed by atoms with E-state index >= 15 is 0 Å². The summed E-state index contributed by atoms with van der Waals surface area (Å²) < 4.78 is 6.49. The van der Waals surface area contributed by atoms with Gasteiger partial charge in [-0.2, -0.15) is 0 Å². The number of fused-ring (bicyclic) bond motifs is 1. The summed E-state index contributed by atoms with van der Waals surface area (Å²) in [5.74, 6) is -1.53. The van der Waals surface area contributed by atoms with Crippen molar-refractivity contribution in [3.05, 3.63) is 106 Å². The number of likely N-dealkylation sites (N-methyl/N-ethyl adjacent to an activating group) is 1. The molecule has 1 aliphatic carbocycles. The Balaban J connectivity index is 1.36. The number of ether oxygens (including phenoxy) is 1. The van der Waals surface area contributed by atoms with E-state index in [0.29, 0.717) is 38.8 Å². The van der Waals surface area contributed by atoms with Crippen molar-refractivity contribution in [1.29, 1.82) is 0 Å². The molecule has 236 valence electrons. The molecule has 2 aromatic carbocycles. The Morgan fingerprint density at radius 3 is 2.36 bits per heavy atom. The van der Waals surface area contributed by atoms with Gasteiger partial charge in [-0.25, -0.2) is 0 Å². The highest BCUT2D eigenvalue weighted by Crippen LogP contribution is 2.48. The predicted octanol–water partition coefficient (Wildman–Crippen LogP) is 2.99. The number of likely N-dealkylation sites (tertiary alicyclic amines) is 1. The first-order chi connectivity index (χ1) is 21.7. The molecule has 10 heteroatoms. The second-order valence-electron chi connectivity index (χ2n) is 11.8. The second-order valence-corrected chi connectivity index (χ2v) is 11.8. The molecule has 1 saturated heterocycles. The molecule has 45 heavy (non-hydrogen) atoms. The zero-order valence-corrected chi connectivity index (χ0v) is 26.0. The summed E-state index contributed by atoms with van der Waals surface area (Å²) in [6, 6.07) is 20.2. The average molecular weight is 613 g/mol. The van der Waals surface area contributed by atoms with Crippen molar-refractivity contribution >= 4 is 23.7 Å². The van der Waals surface area contributed by atoms with Crippen LogP contribution < -0.4 is 10.9 Å². The number of piperidine rings is 1. The molecular weight excluding hydrogens is 572 g/mol. The Morgan fingerprint density at radius 1 is 0.956 bits per heavy atom. The fourth-order valence-electron chi connectivity index (χ4n) is 6.76. The molecule has 1 aliphatic heterocycles. The van der Waals surface area contributed by atoms with E-state index in [1.54, 1.807) is 33.3 Å². The number of aromatic nitrogens is 1. The van der Waals surface area contributed by atoms with E-state index in [4.69, 9.17) is 4.74 Å². The van der Waals surface area contributed by atoms with Gasteiger partial charge in [0.05, 0.1) is 17.9 Å². The van der Waals surface area contributed by atoms with Gasteiger partial charge in [-0.15, -0.1) is 0 Å². The molecule has 0 bridgehead atoms. The van der Waals surface area contributed by atoms with E-state index in [-0.39, 0.29) is 42.1 Å². The third-order valence-electron chi connectivity index (χ3n) is 9.06. The van der Waals surface area contributed by atoms with Crippen molar-refractivity contribution in [1.82, 2.24) is 19.7 Å². The zero-order chi connectivity index (χ0) is 32.1. The Labute approximate surface area is 263 Å². The number of carbonyl (C=O) groups excluding carboxylic acids is 4. The maximum Gasteiger partial charge on any atom is 0.325 e. The first kappa shape index (κ1) is 31.7. The summed E-state index contributed by atoms with van der Waals surface area (Å²) in [5, 5.41) is 2.97. The van der Waals surface area contributed by atoms with Gasteiger partial charge in [0, 0.05) is 39.4 Å². The van der Waals surface area contributed by atoms with Crippen LogP contribution in [0.2, 0.25) is 0 Å². The van der Waals surface area contributed by atoms with Gasteiger partial charge < -0.3 is 24.4 Å². The SMILES string of the molecule is CCOC(=O)CN(C)C(=O)[C@@]1(c2ccccc2)CC[C@H](C(=O)N2CCC(NC(=O)c3cccn(C)c3=O)CC2)c2ccccc21. The molecule has 1 aromatic heterocycles. The van der Waals surface area contributed by atoms with E-state index in [0.717, 1.165) is 16.7 Å². The molecule has 2 heterocycles. The lowest BCUT2D eigenvalue weighted by atomic mass is 9.62. The molecule has 0 spiro atoms. The minimum absolute atomic E-state index is 0.00172. The number of carbonyl (C=O) groups is 4. The lowest BCUT2D eigenvalue weighted by Crippen LogP contribution is -2.52. The van der Waals surface area contributed by atoms with Crippen LogP contribution in [0.1, 0.15) is 65.6 Å². The highest BCUT2D eigenvalue weighted by molar-refractivity contribution is 5.96. The lowest BCUT2D eigenvalue weighted by molar-refractivity contribution is -0.149. The minimum Gasteiger partial charge on any atom is -0.465 e. The fraction of sp³-hybridized carbons (Fsp3) is 0.400. The normalized spacial score (nSPS) is 19.7. The Morgan fingerprint density at radius 2 is 1.64 bits per heavy atom. The zero-order valence-electron chi connectivity index (χ0n) is 26.0. The summed E-state index contributed by atoms with van der Waals surface area (Å²) in [5.41, 5.74) is 1.08. The predicted molar refractivity (Wildman–Crippen MR) is 169 cm³/mol. The first-order valence-corrected chi connectivity index (χ1v) is 15.5. The Hall–Kier alpha value is -4.73. The van der Waals surface area contributed by atoms with Crippen LogP contribution in [-0.4, -0.2) is 77.4 Å². The summed E-state index contributed by atoms with van der Waals surface area (Å²) in [4.78, 5) is 69.1. The Bertz CT molecular complexity index is 1630. The van der Waals surface area contributed by atoms with E-state index in [1.165, 1.54) is 15.5 Å². The molecule has 5 rings (SSSR count). The number of nitrogens with one attached hydrogen (secondary N) is 1.